The third kappa shape index (κ3) is 10.4. The molecule has 2 atom stereocenters. The van der Waals surface area contributed by atoms with Crippen molar-refractivity contribution in [3.63, 3.8) is 0 Å². The lowest BCUT2D eigenvalue weighted by Crippen LogP contribution is -2.47. The number of pyridine rings is 1. The summed E-state index contributed by atoms with van der Waals surface area (Å²) in [5.74, 6) is 1.68. The topological polar surface area (TPSA) is 138 Å². The van der Waals surface area contributed by atoms with Gasteiger partial charge in [0.1, 0.15) is 35.9 Å². The molecular weight excluding hydrogens is 688 g/mol. The number of fused-ring (bicyclic) bond motifs is 1. The highest BCUT2D eigenvalue weighted by Crippen LogP contribution is 2.38. The highest BCUT2D eigenvalue weighted by molar-refractivity contribution is 6.04. The predicted octanol–water partition coefficient (Wildman–Crippen LogP) is 7.90. The fourth-order valence-electron chi connectivity index (χ4n) is 6.83. The number of likely N-dealkylation sites (tertiary alicyclic amines) is 1. The van der Waals surface area contributed by atoms with Crippen LogP contribution in [0.2, 0.25) is 0 Å². The van der Waals surface area contributed by atoms with Gasteiger partial charge in [-0.3, -0.25) is 14.7 Å². The predicted molar refractivity (Wildman–Crippen MR) is 205 cm³/mol. The van der Waals surface area contributed by atoms with E-state index in [2.05, 4.69) is 20.5 Å². The van der Waals surface area contributed by atoms with Crippen molar-refractivity contribution in [2.75, 3.05) is 32.1 Å². The molecule has 54 heavy (non-hydrogen) atoms. The van der Waals surface area contributed by atoms with Gasteiger partial charge in [-0.05, 0) is 121 Å². The summed E-state index contributed by atoms with van der Waals surface area (Å²) in [4.78, 5) is 45.3. The molecule has 0 bridgehead atoms. The molecule has 0 radical (unpaired) electrons. The van der Waals surface area contributed by atoms with E-state index in [1.807, 2.05) is 30.3 Å². The molecule has 1 saturated carbocycles. The summed E-state index contributed by atoms with van der Waals surface area (Å²) in [6.45, 7) is 7.20. The van der Waals surface area contributed by atoms with Gasteiger partial charge in [-0.25, -0.2) is 9.59 Å². The SMILES string of the molecule is COc1cc2c(Oc3ccc(NC(=O)c4ccccc4)cc3)ccnc2cc1OC[C@@H]1CCCN1CCC(NC(=O)OC(C)(C)C)C(=O)OC1CCCC1. The van der Waals surface area contributed by atoms with Gasteiger partial charge in [0.15, 0.2) is 11.5 Å². The summed E-state index contributed by atoms with van der Waals surface area (Å²) in [6.07, 6.45) is 7.03. The highest BCUT2D eigenvalue weighted by atomic mass is 16.6. The van der Waals surface area contributed by atoms with Gasteiger partial charge in [0.25, 0.3) is 5.91 Å². The lowest BCUT2D eigenvalue weighted by molar-refractivity contribution is -0.151. The monoisotopic (exact) mass is 738 g/mol. The van der Waals surface area contributed by atoms with E-state index in [1.165, 1.54) is 0 Å². The number of nitrogens with zero attached hydrogens (tertiary/aromatic N) is 2. The van der Waals surface area contributed by atoms with Crippen LogP contribution in [0.1, 0.15) is 76.1 Å². The van der Waals surface area contributed by atoms with E-state index in [1.54, 1.807) is 76.5 Å². The van der Waals surface area contributed by atoms with Gasteiger partial charge in [0, 0.05) is 41.5 Å². The molecular formula is C42H50N4O8. The molecule has 2 amide bonds. The molecule has 3 aromatic carbocycles. The Kier molecular flexibility index (Phi) is 12.5. The summed E-state index contributed by atoms with van der Waals surface area (Å²) in [7, 11) is 1.59. The van der Waals surface area contributed by atoms with Crippen molar-refractivity contribution in [1.82, 2.24) is 15.2 Å². The number of methoxy groups -OCH3 is 1. The largest absolute Gasteiger partial charge is 0.493 e. The molecule has 2 fully saturated rings. The molecule has 1 aromatic heterocycles. The molecule has 4 aromatic rings. The first kappa shape index (κ1) is 38.4. The number of aromatic nitrogens is 1. The van der Waals surface area contributed by atoms with Crippen molar-refractivity contribution in [1.29, 1.82) is 0 Å². The van der Waals surface area contributed by atoms with E-state index in [0.717, 1.165) is 50.5 Å². The Labute approximate surface area is 316 Å². The Morgan fingerprint density at radius 2 is 1.67 bits per heavy atom. The van der Waals surface area contributed by atoms with Gasteiger partial charge >= 0.3 is 12.1 Å². The minimum Gasteiger partial charge on any atom is -0.493 e. The van der Waals surface area contributed by atoms with Crippen LogP contribution in [0.3, 0.4) is 0 Å². The smallest absolute Gasteiger partial charge is 0.408 e. The van der Waals surface area contributed by atoms with Crippen LogP contribution in [0.15, 0.2) is 79.0 Å². The molecule has 1 unspecified atom stereocenters. The van der Waals surface area contributed by atoms with Crippen LogP contribution in [0, 0.1) is 0 Å². The van der Waals surface area contributed by atoms with Gasteiger partial charge in [-0.2, -0.15) is 0 Å². The van der Waals surface area contributed by atoms with Gasteiger partial charge in [-0.1, -0.05) is 18.2 Å². The van der Waals surface area contributed by atoms with Gasteiger partial charge in [0.05, 0.1) is 12.6 Å². The van der Waals surface area contributed by atoms with Crippen LogP contribution >= 0.6 is 0 Å². The van der Waals surface area contributed by atoms with Crippen LogP contribution in [0.5, 0.6) is 23.0 Å². The van der Waals surface area contributed by atoms with Crippen LogP contribution < -0.4 is 24.8 Å². The molecule has 6 rings (SSSR count). The molecule has 2 aliphatic rings. The quantitative estimate of drug-likeness (QED) is 0.123. The summed E-state index contributed by atoms with van der Waals surface area (Å²) in [5.41, 5.74) is 1.22. The Morgan fingerprint density at radius 3 is 2.39 bits per heavy atom. The third-order valence-corrected chi connectivity index (χ3v) is 9.56. The summed E-state index contributed by atoms with van der Waals surface area (Å²) >= 11 is 0. The summed E-state index contributed by atoms with van der Waals surface area (Å²) in [5, 5.41) is 6.42. The Morgan fingerprint density at radius 1 is 0.907 bits per heavy atom. The molecule has 1 saturated heterocycles. The van der Waals surface area contributed by atoms with Crippen LogP contribution in [0.4, 0.5) is 10.5 Å². The number of benzene rings is 3. The number of hydrogen-bond donors (Lipinski definition) is 2. The molecule has 286 valence electrons. The second-order valence-corrected chi connectivity index (χ2v) is 14.7. The number of esters is 1. The number of rotatable bonds is 14. The van der Waals surface area contributed by atoms with Crippen molar-refractivity contribution < 1.29 is 38.1 Å². The summed E-state index contributed by atoms with van der Waals surface area (Å²) < 4.78 is 29.6. The molecule has 0 spiro atoms. The number of ether oxygens (including phenoxy) is 5. The summed E-state index contributed by atoms with van der Waals surface area (Å²) in [6, 6.07) is 21.0. The molecule has 1 aliphatic heterocycles. The van der Waals surface area contributed by atoms with E-state index in [-0.39, 0.29) is 18.1 Å². The minimum absolute atomic E-state index is 0.0986. The van der Waals surface area contributed by atoms with Gasteiger partial charge in [-0.15, -0.1) is 0 Å². The molecule has 1 aliphatic carbocycles. The standard InChI is InChI=1S/C42H50N4O8/c1-42(2,3)54-41(49)45-34(40(48)53-31-14-8-9-15-31)21-24-46-23-10-13-30(46)27-51-38-26-35-33(25-37(38)50-4)36(20-22-43-35)52-32-18-16-29(17-19-32)44-39(47)28-11-6-5-7-12-28/h5-7,11-12,16-20,22,25-26,30-31,34H,8-10,13-15,21,23-24,27H2,1-4H3,(H,44,47)(H,45,49)/t30-,34?/m0/s1. The fourth-order valence-corrected chi connectivity index (χ4v) is 6.83. The second kappa shape index (κ2) is 17.6. The first-order valence-electron chi connectivity index (χ1n) is 18.7. The number of anilines is 1. The normalized spacial score (nSPS) is 16.8. The number of carbonyl (C=O) groups is 3. The van der Waals surface area contributed by atoms with E-state index in [0.29, 0.717) is 59.3 Å². The van der Waals surface area contributed by atoms with E-state index in [4.69, 9.17) is 23.7 Å². The molecule has 12 nitrogen and oxygen atoms in total. The van der Waals surface area contributed by atoms with Crippen LogP contribution in [0.25, 0.3) is 10.9 Å². The zero-order chi connectivity index (χ0) is 38.1. The first-order valence-corrected chi connectivity index (χ1v) is 18.7. The van der Waals surface area contributed by atoms with Crippen molar-refractivity contribution in [2.45, 2.75) is 89.5 Å². The molecule has 2 N–H and O–H groups in total. The van der Waals surface area contributed by atoms with Gasteiger partial charge < -0.3 is 34.3 Å². The number of alkyl carbamates (subject to hydrolysis) is 1. The Hall–Kier alpha value is -5.36. The molecule has 12 heteroatoms. The van der Waals surface area contributed by atoms with Crippen LogP contribution in [-0.2, 0) is 14.3 Å². The van der Waals surface area contributed by atoms with Crippen molar-refractivity contribution >= 4 is 34.6 Å². The molecule has 2 heterocycles. The van der Waals surface area contributed by atoms with E-state index >= 15 is 0 Å². The number of amides is 2. The zero-order valence-corrected chi connectivity index (χ0v) is 31.5. The maximum Gasteiger partial charge on any atom is 0.408 e. The Bertz CT molecular complexity index is 1890. The van der Waals surface area contributed by atoms with Crippen molar-refractivity contribution in [2.24, 2.45) is 0 Å². The van der Waals surface area contributed by atoms with Crippen molar-refractivity contribution in [3.05, 3.63) is 84.6 Å². The van der Waals surface area contributed by atoms with Gasteiger partial charge in [0.2, 0.25) is 0 Å². The fraction of sp³-hybridized carbons (Fsp3) is 0.429. The number of hydrogen-bond acceptors (Lipinski definition) is 10. The first-order chi connectivity index (χ1) is 26.0. The minimum atomic E-state index is -0.816. The average molecular weight is 739 g/mol. The number of nitrogens with one attached hydrogen (secondary N) is 2. The maximum atomic E-state index is 13.2. The third-order valence-electron chi connectivity index (χ3n) is 9.56. The Balaban J connectivity index is 1.08. The van der Waals surface area contributed by atoms with E-state index in [9.17, 15) is 14.4 Å². The van der Waals surface area contributed by atoms with Crippen molar-refractivity contribution in [3.8, 4) is 23.0 Å². The highest BCUT2D eigenvalue weighted by Gasteiger charge is 2.32. The lowest BCUT2D eigenvalue weighted by Gasteiger charge is -2.28. The second-order valence-electron chi connectivity index (χ2n) is 14.7. The lowest BCUT2D eigenvalue weighted by atomic mass is 10.1. The maximum absolute atomic E-state index is 13.2. The zero-order valence-electron chi connectivity index (χ0n) is 31.5. The average Bonchev–Trinajstić information content (AvgIpc) is 3.84. The number of carbonyl (C=O) groups excluding carboxylic acids is 3. The van der Waals surface area contributed by atoms with Crippen LogP contribution in [-0.4, -0.2) is 78.4 Å². The van der Waals surface area contributed by atoms with E-state index < -0.39 is 23.7 Å².